The van der Waals surface area contributed by atoms with Crippen molar-refractivity contribution in [1.29, 1.82) is 0 Å². The van der Waals surface area contributed by atoms with Crippen LogP contribution in [0.3, 0.4) is 0 Å². The number of aryl methyl sites for hydroxylation is 1. The first-order chi connectivity index (χ1) is 12.7. The van der Waals surface area contributed by atoms with Crippen molar-refractivity contribution < 1.29 is 8.78 Å². The molecular weight excluding hydrogens is 330 g/mol. The lowest BCUT2D eigenvalue weighted by atomic mass is 10.1. The molecule has 1 aromatic heterocycles. The number of rotatable bonds is 8. The lowest BCUT2D eigenvalue weighted by molar-refractivity contribution is 0.621. The highest BCUT2D eigenvalue weighted by Gasteiger charge is 2.24. The first kappa shape index (κ1) is 17.1. The number of fused-ring (bicyclic) bond motifs is 1. The molecule has 1 saturated carbocycles. The zero-order valence-corrected chi connectivity index (χ0v) is 14.8. The maximum absolute atomic E-state index is 13.6. The Morgan fingerprint density at radius 3 is 2.65 bits per heavy atom. The third-order valence-corrected chi connectivity index (χ3v) is 5.20. The van der Waals surface area contributed by atoms with Crippen LogP contribution in [0.4, 0.5) is 14.5 Å². The van der Waals surface area contributed by atoms with Gasteiger partial charge in [0.2, 0.25) is 0 Å². The van der Waals surface area contributed by atoms with E-state index in [1.807, 2.05) is 12.3 Å². The number of hydrogen-bond acceptors (Lipinski definition) is 1. The Morgan fingerprint density at radius 1 is 1.00 bits per heavy atom. The molecule has 1 aliphatic carbocycles. The molecule has 0 bridgehead atoms. The Kier molecular flexibility index (Phi) is 4.91. The highest BCUT2D eigenvalue weighted by molar-refractivity contribution is 5.83. The molecule has 2 aromatic carbocycles. The molecule has 1 aliphatic rings. The van der Waals surface area contributed by atoms with Gasteiger partial charge in [0.1, 0.15) is 11.6 Å². The second-order valence-corrected chi connectivity index (χ2v) is 7.33. The predicted molar refractivity (Wildman–Crippen MR) is 103 cm³/mol. The largest absolute Gasteiger partial charge is 0.371 e. The SMILES string of the molecule is Fc1cccc(N(CCCCc2c[nH]c3ccc(F)cc23)CC2CC2)c1. The van der Waals surface area contributed by atoms with E-state index in [-0.39, 0.29) is 11.6 Å². The number of aromatic amines is 1. The van der Waals surface area contributed by atoms with E-state index >= 15 is 0 Å². The summed E-state index contributed by atoms with van der Waals surface area (Å²) < 4.78 is 27.1. The molecule has 1 fully saturated rings. The Hall–Kier alpha value is -2.36. The van der Waals surface area contributed by atoms with E-state index < -0.39 is 0 Å². The minimum atomic E-state index is -0.194. The maximum atomic E-state index is 13.6. The van der Waals surface area contributed by atoms with E-state index in [0.29, 0.717) is 0 Å². The van der Waals surface area contributed by atoms with Crippen LogP contribution in [0.1, 0.15) is 31.2 Å². The van der Waals surface area contributed by atoms with Crippen molar-refractivity contribution in [2.75, 3.05) is 18.0 Å². The van der Waals surface area contributed by atoms with Crippen LogP contribution in [0.25, 0.3) is 10.9 Å². The van der Waals surface area contributed by atoms with Gasteiger partial charge in [0.25, 0.3) is 0 Å². The molecule has 0 radical (unpaired) electrons. The summed E-state index contributed by atoms with van der Waals surface area (Å²) in [6.07, 6.45) is 7.53. The number of halogens is 2. The van der Waals surface area contributed by atoms with Gasteiger partial charge in [-0.3, -0.25) is 0 Å². The molecule has 3 aromatic rings. The zero-order valence-electron chi connectivity index (χ0n) is 14.8. The van der Waals surface area contributed by atoms with Gasteiger partial charge in [-0.2, -0.15) is 0 Å². The number of nitrogens with one attached hydrogen (secondary N) is 1. The molecule has 0 unspecified atom stereocenters. The molecular formula is C22H24F2N2. The van der Waals surface area contributed by atoms with Gasteiger partial charge in [-0.15, -0.1) is 0 Å². The van der Waals surface area contributed by atoms with Crippen LogP contribution in [-0.2, 0) is 6.42 Å². The summed E-state index contributed by atoms with van der Waals surface area (Å²) in [5, 5.41) is 0.977. The fourth-order valence-corrected chi connectivity index (χ4v) is 3.59. The Morgan fingerprint density at radius 2 is 1.85 bits per heavy atom. The molecule has 26 heavy (non-hydrogen) atoms. The van der Waals surface area contributed by atoms with Gasteiger partial charge in [-0.05, 0) is 80.0 Å². The molecule has 2 nitrogen and oxygen atoms in total. The number of nitrogens with zero attached hydrogens (tertiary/aromatic N) is 1. The van der Waals surface area contributed by atoms with Gasteiger partial charge in [0.15, 0.2) is 0 Å². The number of unbranched alkanes of at least 4 members (excludes halogenated alkanes) is 1. The van der Waals surface area contributed by atoms with Gasteiger partial charge < -0.3 is 9.88 Å². The van der Waals surface area contributed by atoms with Gasteiger partial charge in [0, 0.05) is 35.9 Å². The smallest absolute Gasteiger partial charge is 0.125 e. The normalized spacial score (nSPS) is 14.1. The van der Waals surface area contributed by atoms with E-state index in [1.165, 1.54) is 30.5 Å². The van der Waals surface area contributed by atoms with E-state index in [0.717, 1.165) is 54.9 Å². The van der Waals surface area contributed by atoms with E-state index in [2.05, 4.69) is 9.88 Å². The minimum Gasteiger partial charge on any atom is -0.371 e. The molecule has 0 spiro atoms. The Balaban J connectivity index is 1.36. The zero-order chi connectivity index (χ0) is 17.9. The van der Waals surface area contributed by atoms with Gasteiger partial charge in [-0.1, -0.05) is 6.07 Å². The average Bonchev–Trinajstić information content (AvgIpc) is 3.37. The van der Waals surface area contributed by atoms with Crippen LogP contribution in [-0.4, -0.2) is 18.1 Å². The topological polar surface area (TPSA) is 19.0 Å². The Labute approximate surface area is 152 Å². The molecule has 1 N–H and O–H groups in total. The fourth-order valence-electron chi connectivity index (χ4n) is 3.59. The fraction of sp³-hybridized carbons (Fsp3) is 0.364. The predicted octanol–water partition coefficient (Wildman–Crippen LogP) is 5.69. The molecule has 0 amide bonds. The summed E-state index contributed by atoms with van der Waals surface area (Å²) in [4.78, 5) is 5.53. The van der Waals surface area contributed by atoms with Gasteiger partial charge >= 0.3 is 0 Å². The standard InChI is InChI=1S/C22H24F2N2/c23-18-5-3-6-20(12-18)26(15-16-7-8-16)11-2-1-4-17-14-25-22-10-9-19(24)13-21(17)22/h3,5-6,9-10,12-14,16,25H,1-2,4,7-8,11,15H2. The van der Waals surface area contributed by atoms with Crippen LogP contribution >= 0.6 is 0 Å². The van der Waals surface area contributed by atoms with E-state index in [1.54, 1.807) is 24.3 Å². The number of benzene rings is 2. The van der Waals surface area contributed by atoms with Crippen LogP contribution in [0, 0.1) is 17.6 Å². The number of anilines is 1. The van der Waals surface area contributed by atoms with Gasteiger partial charge in [0.05, 0.1) is 0 Å². The summed E-state index contributed by atoms with van der Waals surface area (Å²) in [5.41, 5.74) is 3.13. The molecule has 0 aliphatic heterocycles. The van der Waals surface area contributed by atoms with Crippen LogP contribution in [0.2, 0.25) is 0 Å². The van der Waals surface area contributed by atoms with Crippen LogP contribution < -0.4 is 4.90 Å². The summed E-state index contributed by atoms with van der Waals surface area (Å²) >= 11 is 0. The third kappa shape index (κ3) is 4.06. The van der Waals surface area contributed by atoms with Gasteiger partial charge in [-0.25, -0.2) is 8.78 Å². The maximum Gasteiger partial charge on any atom is 0.125 e. The van der Waals surface area contributed by atoms with Crippen molar-refractivity contribution in [3.63, 3.8) is 0 Å². The van der Waals surface area contributed by atoms with Crippen molar-refractivity contribution in [2.45, 2.75) is 32.1 Å². The average molecular weight is 354 g/mol. The van der Waals surface area contributed by atoms with E-state index in [4.69, 9.17) is 0 Å². The molecule has 1 heterocycles. The molecule has 4 heteroatoms. The molecule has 136 valence electrons. The molecule has 0 saturated heterocycles. The van der Waals surface area contributed by atoms with Crippen LogP contribution in [0.15, 0.2) is 48.7 Å². The quantitative estimate of drug-likeness (QED) is 0.515. The summed E-state index contributed by atoms with van der Waals surface area (Å²) in [6, 6.07) is 11.8. The molecule has 4 rings (SSSR count). The van der Waals surface area contributed by atoms with Crippen molar-refractivity contribution >= 4 is 16.6 Å². The minimum absolute atomic E-state index is 0.177. The van der Waals surface area contributed by atoms with Crippen molar-refractivity contribution in [2.24, 2.45) is 5.92 Å². The molecule has 0 atom stereocenters. The Bertz CT molecular complexity index is 883. The highest BCUT2D eigenvalue weighted by Crippen LogP contribution is 2.32. The monoisotopic (exact) mass is 354 g/mol. The lowest BCUT2D eigenvalue weighted by Crippen LogP contribution is -2.27. The summed E-state index contributed by atoms with van der Waals surface area (Å²) in [7, 11) is 0. The first-order valence-electron chi connectivity index (χ1n) is 9.45. The van der Waals surface area contributed by atoms with Crippen molar-refractivity contribution in [3.8, 4) is 0 Å². The highest BCUT2D eigenvalue weighted by atomic mass is 19.1. The first-order valence-corrected chi connectivity index (χ1v) is 9.45. The van der Waals surface area contributed by atoms with Crippen molar-refractivity contribution in [1.82, 2.24) is 4.98 Å². The lowest BCUT2D eigenvalue weighted by Gasteiger charge is -2.25. The summed E-state index contributed by atoms with van der Waals surface area (Å²) in [5.74, 6) is 0.388. The van der Waals surface area contributed by atoms with Crippen LogP contribution in [0.5, 0.6) is 0 Å². The second-order valence-electron chi connectivity index (χ2n) is 7.33. The van der Waals surface area contributed by atoms with Crippen molar-refractivity contribution in [3.05, 3.63) is 65.9 Å². The number of H-pyrrole nitrogens is 1. The number of hydrogen-bond donors (Lipinski definition) is 1. The number of aromatic nitrogens is 1. The van der Waals surface area contributed by atoms with E-state index in [9.17, 15) is 8.78 Å². The summed E-state index contributed by atoms with van der Waals surface area (Å²) in [6.45, 7) is 1.94. The third-order valence-electron chi connectivity index (χ3n) is 5.20. The second kappa shape index (κ2) is 7.48.